The van der Waals surface area contributed by atoms with E-state index in [0.29, 0.717) is 0 Å². The van der Waals surface area contributed by atoms with Crippen LogP contribution in [0.4, 0.5) is 0 Å². The third kappa shape index (κ3) is 3.19. The molecule has 0 aliphatic carbocycles. The maximum absolute atomic E-state index is 5.97. The third-order valence-corrected chi connectivity index (χ3v) is 4.05. The van der Waals surface area contributed by atoms with Crippen LogP contribution in [0.3, 0.4) is 0 Å². The maximum atomic E-state index is 5.97. The lowest BCUT2D eigenvalue weighted by atomic mass is 10.1. The highest BCUT2D eigenvalue weighted by Crippen LogP contribution is 2.34. The van der Waals surface area contributed by atoms with E-state index in [1.165, 1.54) is 11.3 Å². The van der Waals surface area contributed by atoms with Crippen molar-refractivity contribution in [2.45, 2.75) is 6.04 Å². The summed E-state index contributed by atoms with van der Waals surface area (Å²) in [6.07, 6.45) is 0. The van der Waals surface area contributed by atoms with E-state index in [2.05, 4.69) is 5.43 Å². The molecule has 0 bridgehead atoms. The normalized spacial score (nSPS) is 12.2. The summed E-state index contributed by atoms with van der Waals surface area (Å²) in [7, 11) is 3.23. The molecule has 0 saturated heterocycles. The number of nitrogens with one attached hydrogen (secondary N) is 1. The van der Waals surface area contributed by atoms with Gasteiger partial charge >= 0.3 is 0 Å². The molecule has 0 radical (unpaired) electrons. The molecule has 1 aromatic carbocycles. The Hall–Kier alpha value is -1.27. The number of hydrogen-bond donors (Lipinski definition) is 2. The maximum Gasteiger partial charge on any atom is 0.122 e. The van der Waals surface area contributed by atoms with Crippen LogP contribution in [0.5, 0.6) is 11.5 Å². The van der Waals surface area contributed by atoms with E-state index in [0.717, 1.165) is 26.3 Å². The molecule has 0 saturated carbocycles. The Morgan fingerprint density at radius 2 is 1.79 bits per heavy atom. The smallest absolute Gasteiger partial charge is 0.122 e. The largest absolute Gasteiger partial charge is 0.497 e. The highest BCUT2D eigenvalue weighted by atomic mass is 35.5. The molecule has 0 aliphatic rings. The number of hydrogen-bond acceptors (Lipinski definition) is 5. The first-order chi connectivity index (χ1) is 9.17. The first-order valence-corrected chi connectivity index (χ1v) is 6.81. The van der Waals surface area contributed by atoms with E-state index in [4.69, 9.17) is 26.9 Å². The Bertz CT molecular complexity index is 537. The summed E-state index contributed by atoms with van der Waals surface area (Å²) in [6, 6.07) is 9.30. The molecule has 0 fully saturated rings. The van der Waals surface area contributed by atoms with E-state index < -0.39 is 0 Å². The second kappa shape index (κ2) is 6.25. The molecular formula is C13H15ClN2O2S. The predicted molar refractivity (Wildman–Crippen MR) is 78.0 cm³/mol. The molecular weight excluding hydrogens is 284 g/mol. The fourth-order valence-corrected chi connectivity index (χ4v) is 2.97. The first-order valence-electron chi connectivity index (χ1n) is 5.62. The second-order valence-electron chi connectivity index (χ2n) is 3.89. The zero-order valence-electron chi connectivity index (χ0n) is 10.6. The lowest BCUT2D eigenvalue weighted by Gasteiger charge is -2.16. The molecule has 2 aromatic rings. The van der Waals surface area contributed by atoms with Gasteiger partial charge in [0.2, 0.25) is 0 Å². The molecule has 1 atom stereocenters. The van der Waals surface area contributed by atoms with Crippen LogP contribution in [-0.2, 0) is 0 Å². The summed E-state index contributed by atoms with van der Waals surface area (Å²) in [5.74, 6) is 7.10. The Kier molecular flexibility index (Phi) is 4.66. The van der Waals surface area contributed by atoms with Gasteiger partial charge < -0.3 is 9.47 Å². The summed E-state index contributed by atoms with van der Waals surface area (Å²) < 4.78 is 11.3. The summed E-state index contributed by atoms with van der Waals surface area (Å²) in [5.41, 5.74) is 3.75. The van der Waals surface area contributed by atoms with Gasteiger partial charge in [0.15, 0.2) is 0 Å². The van der Waals surface area contributed by atoms with Crippen molar-refractivity contribution in [2.24, 2.45) is 5.84 Å². The van der Waals surface area contributed by atoms with Gasteiger partial charge in [-0.25, -0.2) is 5.43 Å². The molecule has 1 heterocycles. The van der Waals surface area contributed by atoms with Gasteiger partial charge in [0, 0.05) is 10.9 Å². The SMILES string of the molecule is COc1cc(OC)cc(C(NN)c2ccc(Cl)s2)c1. The fraction of sp³-hybridized carbons (Fsp3) is 0.231. The van der Waals surface area contributed by atoms with Crippen molar-refractivity contribution in [1.29, 1.82) is 0 Å². The fourth-order valence-electron chi connectivity index (χ4n) is 1.82. The summed E-state index contributed by atoms with van der Waals surface area (Å²) in [6.45, 7) is 0. The molecule has 0 aliphatic heterocycles. The average molecular weight is 299 g/mol. The van der Waals surface area contributed by atoms with Gasteiger partial charge in [0.05, 0.1) is 24.6 Å². The number of nitrogens with two attached hydrogens (primary N) is 1. The molecule has 6 heteroatoms. The number of halogens is 1. The van der Waals surface area contributed by atoms with Crippen molar-refractivity contribution in [2.75, 3.05) is 14.2 Å². The average Bonchev–Trinajstić information content (AvgIpc) is 2.85. The molecule has 0 amide bonds. The highest BCUT2D eigenvalue weighted by Gasteiger charge is 2.16. The van der Waals surface area contributed by atoms with Gasteiger partial charge in [0.25, 0.3) is 0 Å². The minimum absolute atomic E-state index is 0.151. The van der Waals surface area contributed by atoms with Gasteiger partial charge in [-0.3, -0.25) is 5.84 Å². The van der Waals surface area contributed by atoms with E-state index >= 15 is 0 Å². The number of benzene rings is 1. The lowest BCUT2D eigenvalue weighted by Crippen LogP contribution is -2.28. The van der Waals surface area contributed by atoms with Crippen molar-refractivity contribution < 1.29 is 9.47 Å². The van der Waals surface area contributed by atoms with Gasteiger partial charge in [-0.05, 0) is 29.8 Å². The zero-order chi connectivity index (χ0) is 13.8. The van der Waals surface area contributed by atoms with E-state index in [-0.39, 0.29) is 6.04 Å². The standard InChI is InChI=1S/C13H15ClN2O2S/c1-17-9-5-8(6-10(7-9)18-2)13(16-15)11-3-4-12(14)19-11/h3-7,13,16H,15H2,1-2H3. The number of thiophene rings is 1. The van der Waals surface area contributed by atoms with Crippen molar-refractivity contribution in [1.82, 2.24) is 5.43 Å². The number of methoxy groups -OCH3 is 2. The van der Waals surface area contributed by atoms with Crippen LogP contribution < -0.4 is 20.7 Å². The summed E-state index contributed by atoms with van der Waals surface area (Å²) in [5, 5.41) is 0. The van der Waals surface area contributed by atoms with E-state index in [1.807, 2.05) is 30.3 Å². The molecule has 0 spiro atoms. The van der Waals surface area contributed by atoms with Crippen LogP contribution in [0.25, 0.3) is 0 Å². The van der Waals surface area contributed by atoms with Gasteiger partial charge in [-0.1, -0.05) is 11.6 Å². The number of ether oxygens (including phenoxy) is 2. The van der Waals surface area contributed by atoms with Crippen LogP contribution in [0.2, 0.25) is 4.34 Å². The number of rotatable bonds is 5. The van der Waals surface area contributed by atoms with Gasteiger partial charge in [-0.15, -0.1) is 11.3 Å². The molecule has 102 valence electrons. The summed E-state index contributed by atoms with van der Waals surface area (Å²) >= 11 is 7.45. The minimum Gasteiger partial charge on any atom is -0.497 e. The molecule has 1 aromatic heterocycles. The lowest BCUT2D eigenvalue weighted by molar-refractivity contribution is 0.392. The molecule has 2 rings (SSSR count). The first kappa shape index (κ1) is 14.1. The highest BCUT2D eigenvalue weighted by molar-refractivity contribution is 7.16. The van der Waals surface area contributed by atoms with Crippen LogP contribution in [0, 0.1) is 0 Å². The van der Waals surface area contributed by atoms with Gasteiger partial charge in [0.1, 0.15) is 11.5 Å². The Morgan fingerprint density at radius 1 is 1.16 bits per heavy atom. The molecule has 19 heavy (non-hydrogen) atoms. The van der Waals surface area contributed by atoms with Crippen molar-refractivity contribution in [3.8, 4) is 11.5 Å². The van der Waals surface area contributed by atoms with Crippen molar-refractivity contribution in [3.05, 3.63) is 45.1 Å². The number of hydrazine groups is 1. The van der Waals surface area contributed by atoms with Crippen LogP contribution >= 0.6 is 22.9 Å². The molecule has 3 N–H and O–H groups in total. The van der Waals surface area contributed by atoms with Crippen molar-refractivity contribution in [3.63, 3.8) is 0 Å². The third-order valence-electron chi connectivity index (χ3n) is 2.75. The minimum atomic E-state index is -0.151. The Balaban J connectivity index is 2.42. The second-order valence-corrected chi connectivity index (χ2v) is 5.63. The van der Waals surface area contributed by atoms with E-state index in [9.17, 15) is 0 Å². The van der Waals surface area contributed by atoms with Crippen LogP contribution in [0.1, 0.15) is 16.5 Å². The van der Waals surface area contributed by atoms with Gasteiger partial charge in [-0.2, -0.15) is 0 Å². The Labute approximate surface area is 121 Å². The quantitative estimate of drug-likeness (QED) is 0.658. The zero-order valence-corrected chi connectivity index (χ0v) is 12.2. The summed E-state index contributed by atoms with van der Waals surface area (Å²) in [4.78, 5) is 1.03. The topological polar surface area (TPSA) is 56.5 Å². The molecule has 1 unspecified atom stereocenters. The predicted octanol–water partition coefficient (Wildman–Crippen LogP) is 2.97. The monoisotopic (exact) mass is 298 g/mol. The van der Waals surface area contributed by atoms with Crippen LogP contribution in [-0.4, -0.2) is 14.2 Å². The Morgan fingerprint density at radius 3 is 2.21 bits per heavy atom. The van der Waals surface area contributed by atoms with E-state index in [1.54, 1.807) is 14.2 Å². The molecule has 4 nitrogen and oxygen atoms in total. The van der Waals surface area contributed by atoms with Crippen molar-refractivity contribution >= 4 is 22.9 Å². The van der Waals surface area contributed by atoms with Crippen LogP contribution in [0.15, 0.2) is 30.3 Å².